The van der Waals surface area contributed by atoms with Gasteiger partial charge in [0.2, 0.25) is 0 Å². The first-order chi connectivity index (χ1) is 9.02. The number of aliphatic hydroxyl groups is 1. The van der Waals surface area contributed by atoms with E-state index in [4.69, 9.17) is 16.3 Å². The fourth-order valence-electron chi connectivity index (χ4n) is 1.88. The van der Waals surface area contributed by atoms with E-state index in [-0.39, 0.29) is 0 Å². The van der Waals surface area contributed by atoms with E-state index in [0.29, 0.717) is 21.9 Å². The zero-order valence-corrected chi connectivity index (χ0v) is 11.4. The molecule has 0 amide bonds. The molecule has 1 atom stereocenters. The van der Waals surface area contributed by atoms with Crippen molar-refractivity contribution >= 4 is 11.6 Å². The van der Waals surface area contributed by atoms with Crippen LogP contribution in [0.1, 0.15) is 22.8 Å². The van der Waals surface area contributed by atoms with Gasteiger partial charge in [0.15, 0.2) is 0 Å². The number of benzene rings is 2. The van der Waals surface area contributed by atoms with Crippen molar-refractivity contribution < 1.29 is 14.2 Å². The van der Waals surface area contributed by atoms with Crippen LogP contribution in [0.5, 0.6) is 5.75 Å². The molecule has 0 bridgehead atoms. The van der Waals surface area contributed by atoms with Gasteiger partial charge < -0.3 is 9.84 Å². The molecule has 0 heterocycles. The first-order valence-electron chi connectivity index (χ1n) is 5.80. The molecule has 1 unspecified atom stereocenters. The molecular weight excluding hydrogens is 267 g/mol. The Morgan fingerprint density at radius 2 is 1.95 bits per heavy atom. The second-order valence-corrected chi connectivity index (χ2v) is 4.70. The minimum atomic E-state index is -0.983. The molecule has 0 saturated carbocycles. The maximum atomic E-state index is 13.3. The highest BCUT2D eigenvalue weighted by molar-refractivity contribution is 6.31. The molecule has 4 heteroatoms. The van der Waals surface area contributed by atoms with Crippen molar-refractivity contribution in [3.05, 3.63) is 63.9 Å². The summed E-state index contributed by atoms with van der Waals surface area (Å²) in [6.07, 6.45) is -0.983. The quantitative estimate of drug-likeness (QED) is 0.924. The number of aryl methyl sites for hydroxylation is 1. The molecule has 0 aliphatic carbocycles. The summed E-state index contributed by atoms with van der Waals surface area (Å²) in [7, 11) is 1.48. The van der Waals surface area contributed by atoms with Gasteiger partial charge in [0.25, 0.3) is 0 Å². The first kappa shape index (κ1) is 13.8. The molecule has 0 radical (unpaired) electrons. The molecular formula is C15H14ClFO2. The third-order valence-electron chi connectivity index (χ3n) is 3.00. The Kier molecular flexibility index (Phi) is 4.08. The Balaban J connectivity index is 2.45. The lowest BCUT2D eigenvalue weighted by Gasteiger charge is -2.16. The van der Waals surface area contributed by atoms with Crippen LogP contribution in [0.2, 0.25) is 5.02 Å². The maximum absolute atomic E-state index is 13.3. The monoisotopic (exact) mass is 280 g/mol. The molecule has 0 aliphatic rings. The Labute approximate surface area is 116 Å². The summed E-state index contributed by atoms with van der Waals surface area (Å²) in [5.74, 6) is 0.0126. The summed E-state index contributed by atoms with van der Waals surface area (Å²) in [5, 5.41) is 10.9. The van der Waals surface area contributed by atoms with Gasteiger partial charge >= 0.3 is 0 Å². The SMILES string of the molecule is COc1ccc(F)cc1C(O)c1ccc(C)c(Cl)c1. The molecule has 2 rings (SSSR count). The van der Waals surface area contributed by atoms with E-state index < -0.39 is 11.9 Å². The molecule has 2 aromatic carbocycles. The van der Waals surface area contributed by atoms with Crippen LogP contribution in [-0.2, 0) is 0 Å². The molecule has 0 spiro atoms. The highest BCUT2D eigenvalue weighted by Gasteiger charge is 2.17. The van der Waals surface area contributed by atoms with E-state index in [0.717, 1.165) is 5.56 Å². The van der Waals surface area contributed by atoms with Crippen LogP contribution in [0.25, 0.3) is 0 Å². The second-order valence-electron chi connectivity index (χ2n) is 4.30. The van der Waals surface area contributed by atoms with Crippen molar-refractivity contribution in [2.75, 3.05) is 7.11 Å². The minimum absolute atomic E-state index is 0.377. The number of rotatable bonds is 3. The number of methoxy groups -OCH3 is 1. The van der Waals surface area contributed by atoms with Crippen molar-refractivity contribution in [1.82, 2.24) is 0 Å². The van der Waals surface area contributed by atoms with Gasteiger partial charge in [-0.25, -0.2) is 4.39 Å². The predicted octanol–water partition coefficient (Wildman–Crippen LogP) is 3.88. The largest absolute Gasteiger partial charge is 0.496 e. The smallest absolute Gasteiger partial charge is 0.125 e. The third-order valence-corrected chi connectivity index (χ3v) is 3.41. The van der Waals surface area contributed by atoms with E-state index in [9.17, 15) is 9.50 Å². The summed E-state index contributed by atoms with van der Waals surface area (Å²) in [5.41, 5.74) is 1.89. The molecule has 2 nitrogen and oxygen atoms in total. The van der Waals surface area contributed by atoms with Gasteiger partial charge in [-0.1, -0.05) is 23.7 Å². The molecule has 0 fully saturated rings. The van der Waals surface area contributed by atoms with E-state index in [1.54, 1.807) is 12.1 Å². The molecule has 0 aliphatic heterocycles. The van der Waals surface area contributed by atoms with Crippen molar-refractivity contribution in [3.63, 3.8) is 0 Å². The predicted molar refractivity (Wildman–Crippen MR) is 73.2 cm³/mol. The van der Waals surface area contributed by atoms with Gasteiger partial charge in [-0.15, -0.1) is 0 Å². The number of ether oxygens (including phenoxy) is 1. The van der Waals surface area contributed by atoms with Crippen molar-refractivity contribution in [3.8, 4) is 5.75 Å². The standard InChI is InChI=1S/C15H14ClFO2/c1-9-3-4-10(7-13(9)16)15(18)12-8-11(17)5-6-14(12)19-2/h3-8,15,18H,1-2H3. The lowest BCUT2D eigenvalue weighted by Crippen LogP contribution is -2.03. The summed E-state index contributed by atoms with van der Waals surface area (Å²) in [4.78, 5) is 0. The van der Waals surface area contributed by atoms with Crippen LogP contribution in [0.3, 0.4) is 0 Å². The number of halogens is 2. The molecule has 2 aromatic rings. The summed E-state index contributed by atoms with van der Waals surface area (Å²) < 4.78 is 18.4. The normalized spacial score (nSPS) is 12.3. The highest BCUT2D eigenvalue weighted by atomic mass is 35.5. The van der Waals surface area contributed by atoms with Crippen molar-refractivity contribution in [2.45, 2.75) is 13.0 Å². The van der Waals surface area contributed by atoms with Crippen molar-refractivity contribution in [2.24, 2.45) is 0 Å². The van der Waals surface area contributed by atoms with Crippen LogP contribution in [-0.4, -0.2) is 12.2 Å². The number of aliphatic hydroxyl groups excluding tert-OH is 1. The fraction of sp³-hybridized carbons (Fsp3) is 0.200. The van der Waals surface area contributed by atoms with Crippen LogP contribution in [0, 0.1) is 12.7 Å². The molecule has 0 saturated heterocycles. The number of hydrogen-bond acceptors (Lipinski definition) is 2. The topological polar surface area (TPSA) is 29.5 Å². The molecule has 19 heavy (non-hydrogen) atoms. The average Bonchev–Trinajstić information content (AvgIpc) is 2.41. The fourth-order valence-corrected chi connectivity index (χ4v) is 2.07. The summed E-state index contributed by atoms with van der Waals surface area (Å²) in [6.45, 7) is 1.88. The highest BCUT2D eigenvalue weighted by Crippen LogP contribution is 2.32. The third kappa shape index (κ3) is 2.88. The van der Waals surface area contributed by atoms with E-state index in [1.165, 1.54) is 25.3 Å². The van der Waals surface area contributed by atoms with Crippen LogP contribution < -0.4 is 4.74 Å². The van der Waals surface area contributed by atoms with Crippen LogP contribution >= 0.6 is 11.6 Å². The first-order valence-corrected chi connectivity index (χ1v) is 6.18. The Morgan fingerprint density at radius 3 is 2.58 bits per heavy atom. The second kappa shape index (κ2) is 5.59. The molecule has 1 N–H and O–H groups in total. The van der Waals surface area contributed by atoms with Gasteiger partial charge in [-0.05, 0) is 42.3 Å². The van der Waals surface area contributed by atoms with Gasteiger partial charge in [0.05, 0.1) is 7.11 Å². The average molecular weight is 281 g/mol. The van der Waals surface area contributed by atoms with E-state index >= 15 is 0 Å². The van der Waals surface area contributed by atoms with Gasteiger partial charge in [-0.2, -0.15) is 0 Å². The Morgan fingerprint density at radius 1 is 1.21 bits per heavy atom. The van der Waals surface area contributed by atoms with Gasteiger partial charge in [0.1, 0.15) is 17.7 Å². The van der Waals surface area contributed by atoms with E-state index in [2.05, 4.69) is 0 Å². The summed E-state index contributed by atoms with van der Waals surface area (Å²) >= 11 is 6.03. The molecule has 100 valence electrons. The zero-order valence-electron chi connectivity index (χ0n) is 10.7. The van der Waals surface area contributed by atoms with Crippen LogP contribution in [0.4, 0.5) is 4.39 Å². The Bertz CT molecular complexity index is 599. The molecule has 0 aromatic heterocycles. The lowest BCUT2D eigenvalue weighted by molar-refractivity contribution is 0.214. The lowest BCUT2D eigenvalue weighted by atomic mass is 9.99. The zero-order chi connectivity index (χ0) is 14.0. The maximum Gasteiger partial charge on any atom is 0.125 e. The number of hydrogen-bond donors (Lipinski definition) is 1. The summed E-state index contributed by atoms with van der Waals surface area (Å²) in [6, 6.07) is 9.28. The van der Waals surface area contributed by atoms with Crippen LogP contribution in [0.15, 0.2) is 36.4 Å². The Hall–Kier alpha value is -1.58. The van der Waals surface area contributed by atoms with Crippen molar-refractivity contribution in [1.29, 1.82) is 0 Å². The van der Waals surface area contributed by atoms with E-state index in [1.807, 2.05) is 13.0 Å². The van der Waals surface area contributed by atoms with Gasteiger partial charge in [0, 0.05) is 10.6 Å². The van der Waals surface area contributed by atoms with Gasteiger partial charge in [-0.3, -0.25) is 0 Å². The minimum Gasteiger partial charge on any atom is -0.496 e.